The van der Waals surface area contributed by atoms with Gasteiger partial charge < -0.3 is 10.1 Å². The van der Waals surface area contributed by atoms with Crippen LogP contribution in [0, 0.1) is 25.2 Å². The molecule has 6 heteroatoms. The van der Waals surface area contributed by atoms with E-state index in [0.717, 1.165) is 21.8 Å². The first-order valence-corrected chi connectivity index (χ1v) is 8.37. The van der Waals surface area contributed by atoms with Crippen LogP contribution in [0.1, 0.15) is 21.6 Å². The van der Waals surface area contributed by atoms with Crippen LogP contribution in [0.2, 0.25) is 0 Å². The van der Waals surface area contributed by atoms with Crippen LogP contribution in [0.3, 0.4) is 0 Å². The van der Waals surface area contributed by atoms with Gasteiger partial charge >= 0.3 is 0 Å². The van der Waals surface area contributed by atoms with Gasteiger partial charge in [0.25, 0.3) is 0 Å². The van der Waals surface area contributed by atoms with Gasteiger partial charge in [-0.25, -0.2) is 0 Å². The van der Waals surface area contributed by atoms with Gasteiger partial charge in [0.15, 0.2) is 0 Å². The molecule has 0 saturated heterocycles. The number of carbonyl (C=O) groups is 1. The second-order valence-electron chi connectivity index (χ2n) is 5.67. The largest absolute Gasteiger partial charge is 0.497 e. The highest BCUT2D eigenvalue weighted by Gasteiger charge is 2.15. The van der Waals surface area contributed by atoms with Gasteiger partial charge in [0.1, 0.15) is 16.8 Å². The van der Waals surface area contributed by atoms with Gasteiger partial charge in [-0.2, -0.15) is 5.26 Å². The van der Waals surface area contributed by atoms with Crippen molar-refractivity contribution in [3.63, 3.8) is 0 Å². The quantitative estimate of drug-likeness (QED) is 0.874. The lowest BCUT2D eigenvalue weighted by Gasteiger charge is -2.16. The smallest absolute Gasteiger partial charge is 0.239 e. The minimum Gasteiger partial charge on any atom is -0.497 e. The molecule has 1 aromatic heterocycles. The number of carbonyl (C=O) groups excluding carboxylic acids is 1. The molecule has 126 valence electrons. The summed E-state index contributed by atoms with van der Waals surface area (Å²) < 4.78 is 5.14. The van der Waals surface area contributed by atoms with Crippen molar-refractivity contribution in [1.29, 1.82) is 5.26 Å². The van der Waals surface area contributed by atoms with Crippen LogP contribution in [0.25, 0.3) is 0 Å². The summed E-state index contributed by atoms with van der Waals surface area (Å²) in [7, 11) is 3.52. The highest BCUT2D eigenvalue weighted by molar-refractivity contribution is 7.16. The summed E-state index contributed by atoms with van der Waals surface area (Å²) >= 11 is 1.44. The Hall–Kier alpha value is -2.36. The fourth-order valence-electron chi connectivity index (χ4n) is 2.36. The van der Waals surface area contributed by atoms with E-state index in [1.54, 1.807) is 7.11 Å². The lowest BCUT2D eigenvalue weighted by molar-refractivity contribution is -0.117. The average molecular weight is 343 g/mol. The molecule has 0 radical (unpaired) electrons. The summed E-state index contributed by atoms with van der Waals surface area (Å²) in [6, 6.07) is 9.93. The number of hydrogen-bond donors (Lipinski definition) is 1. The number of hydrogen-bond acceptors (Lipinski definition) is 5. The van der Waals surface area contributed by atoms with E-state index in [4.69, 9.17) is 4.74 Å². The molecule has 0 aliphatic carbocycles. The molecule has 0 aliphatic heterocycles. The minimum atomic E-state index is -0.122. The number of nitriles is 1. The van der Waals surface area contributed by atoms with Crippen LogP contribution in [-0.4, -0.2) is 31.5 Å². The fraction of sp³-hybridized carbons (Fsp3) is 0.333. The molecule has 24 heavy (non-hydrogen) atoms. The molecule has 2 aromatic rings. The first kappa shape index (κ1) is 18.0. The van der Waals surface area contributed by atoms with E-state index in [-0.39, 0.29) is 12.5 Å². The number of nitrogens with zero attached hydrogens (tertiary/aromatic N) is 2. The monoisotopic (exact) mass is 343 g/mol. The van der Waals surface area contributed by atoms with Gasteiger partial charge in [-0.3, -0.25) is 9.69 Å². The Morgan fingerprint density at radius 1 is 1.33 bits per heavy atom. The minimum absolute atomic E-state index is 0.122. The standard InChI is InChI=1S/C18H21N3O2S/c1-12-13(2)24-18(16(12)9-19)20-17(22)11-21(3)10-14-5-7-15(23-4)8-6-14/h5-8H,10-11H2,1-4H3,(H,20,22). The molecule has 1 N–H and O–H groups in total. The zero-order chi connectivity index (χ0) is 17.7. The number of thiophene rings is 1. The van der Waals surface area contributed by atoms with Gasteiger partial charge in [-0.05, 0) is 44.2 Å². The molecule has 0 atom stereocenters. The average Bonchev–Trinajstić information content (AvgIpc) is 2.81. The number of nitrogens with one attached hydrogen (secondary N) is 1. The molecule has 0 fully saturated rings. The Morgan fingerprint density at radius 2 is 2.00 bits per heavy atom. The zero-order valence-electron chi connectivity index (χ0n) is 14.3. The number of benzene rings is 1. The molecule has 0 bridgehead atoms. The molecule has 0 saturated carbocycles. The third kappa shape index (κ3) is 4.34. The third-order valence-electron chi connectivity index (χ3n) is 3.78. The molecular weight excluding hydrogens is 322 g/mol. The predicted molar refractivity (Wildman–Crippen MR) is 96.5 cm³/mol. The third-order valence-corrected chi connectivity index (χ3v) is 4.90. The van der Waals surface area contributed by atoms with Crippen LogP contribution < -0.4 is 10.1 Å². The van der Waals surface area contributed by atoms with Gasteiger partial charge in [0, 0.05) is 11.4 Å². The summed E-state index contributed by atoms with van der Waals surface area (Å²) in [6.07, 6.45) is 0. The highest BCUT2D eigenvalue weighted by atomic mass is 32.1. The summed E-state index contributed by atoms with van der Waals surface area (Å²) in [5.74, 6) is 0.690. The molecule has 0 spiro atoms. The molecule has 2 rings (SSSR count). The Kier molecular flexibility index (Phi) is 5.96. The van der Waals surface area contributed by atoms with E-state index in [0.29, 0.717) is 17.1 Å². The molecule has 0 unspecified atom stereocenters. The van der Waals surface area contributed by atoms with E-state index in [1.165, 1.54) is 11.3 Å². The molecular formula is C18H21N3O2S. The van der Waals surface area contributed by atoms with Gasteiger partial charge in [0.05, 0.1) is 19.2 Å². The maximum absolute atomic E-state index is 12.2. The first-order valence-electron chi connectivity index (χ1n) is 7.56. The van der Waals surface area contributed by atoms with E-state index in [2.05, 4.69) is 11.4 Å². The van der Waals surface area contributed by atoms with Crippen molar-refractivity contribution < 1.29 is 9.53 Å². The van der Waals surface area contributed by atoms with Crippen LogP contribution in [-0.2, 0) is 11.3 Å². The second-order valence-corrected chi connectivity index (χ2v) is 6.89. The number of amides is 1. The predicted octanol–water partition coefficient (Wildman–Crippen LogP) is 3.32. The summed E-state index contributed by atoms with van der Waals surface area (Å²) in [4.78, 5) is 15.2. The van der Waals surface area contributed by atoms with E-state index in [1.807, 2.05) is 50.1 Å². The second kappa shape index (κ2) is 7.95. The number of aryl methyl sites for hydroxylation is 1. The topological polar surface area (TPSA) is 65.4 Å². The number of rotatable bonds is 6. The number of methoxy groups -OCH3 is 1. The highest BCUT2D eigenvalue weighted by Crippen LogP contribution is 2.31. The van der Waals surface area contributed by atoms with Crippen LogP contribution in [0.4, 0.5) is 5.00 Å². The van der Waals surface area contributed by atoms with Crippen molar-refractivity contribution in [2.75, 3.05) is 26.0 Å². The summed E-state index contributed by atoms with van der Waals surface area (Å²) in [6.45, 7) is 4.76. The Morgan fingerprint density at radius 3 is 2.58 bits per heavy atom. The number of anilines is 1. The Bertz CT molecular complexity index is 760. The lowest BCUT2D eigenvalue weighted by atomic mass is 10.2. The molecule has 1 aromatic carbocycles. The van der Waals surface area contributed by atoms with Crippen molar-refractivity contribution in [2.45, 2.75) is 20.4 Å². The van der Waals surface area contributed by atoms with Crippen molar-refractivity contribution >= 4 is 22.2 Å². The normalized spacial score (nSPS) is 10.5. The SMILES string of the molecule is COc1ccc(CN(C)CC(=O)Nc2sc(C)c(C)c2C#N)cc1. The first-order chi connectivity index (χ1) is 11.4. The molecule has 0 aliphatic rings. The van der Waals surface area contributed by atoms with Crippen LogP contribution >= 0.6 is 11.3 Å². The lowest BCUT2D eigenvalue weighted by Crippen LogP contribution is -2.29. The van der Waals surface area contributed by atoms with Crippen LogP contribution in [0.15, 0.2) is 24.3 Å². The van der Waals surface area contributed by atoms with E-state index < -0.39 is 0 Å². The van der Waals surface area contributed by atoms with E-state index >= 15 is 0 Å². The van der Waals surface area contributed by atoms with Crippen molar-refractivity contribution in [3.05, 3.63) is 45.8 Å². The van der Waals surface area contributed by atoms with Crippen molar-refractivity contribution in [3.8, 4) is 11.8 Å². The maximum Gasteiger partial charge on any atom is 0.239 e. The number of likely N-dealkylation sites (N-methyl/N-ethyl adjacent to an activating group) is 1. The Labute approximate surface area is 146 Å². The number of ether oxygens (including phenoxy) is 1. The van der Waals surface area contributed by atoms with Gasteiger partial charge in [0.2, 0.25) is 5.91 Å². The van der Waals surface area contributed by atoms with Gasteiger partial charge in [-0.1, -0.05) is 12.1 Å². The van der Waals surface area contributed by atoms with Crippen LogP contribution in [0.5, 0.6) is 5.75 Å². The molecule has 1 amide bonds. The Balaban J connectivity index is 1.94. The van der Waals surface area contributed by atoms with E-state index in [9.17, 15) is 10.1 Å². The maximum atomic E-state index is 12.2. The summed E-state index contributed by atoms with van der Waals surface area (Å²) in [5.41, 5.74) is 2.60. The van der Waals surface area contributed by atoms with Crippen molar-refractivity contribution in [2.24, 2.45) is 0 Å². The molecule has 1 heterocycles. The van der Waals surface area contributed by atoms with Crippen molar-refractivity contribution in [1.82, 2.24) is 4.90 Å². The fourth-order valence-corrected chi connectivity index (χ4v) is 3.39. The zero-order valence-corrected chi connectivity index (χ0v) is 15.2. The summed E-state index contributed by atoms with van der Waals surface area (Å²) in [5, 5.41) is 12.7. The van der Waals surface area contributed by atoms with Gasteiger partial charge in [-0.15, -0.1) is 11.3 Å². The molecule has 5 nitrogen and oxygen atoms in total.